The zero-order chi connectivity index (χ0) is 46.7. The van der Waals surface area contributed by atoms with E-state index < -0.39 is 0 Å². The second kappa shape index (κ2) is 15.8. The van der Waals surface area contributed by atoms with Crippen molar-refractivity contribution in [2.24, 2.45) is 5.92 Å². The maximum atomic E-state index is 6.15. The number of aryl methyl sites for hydroxylation is 1. The lowest BCUT2D eigenvalue weighted by Gasteiger charge is -2.49. The summed E-state index contributed by atoms with van der Waals surface area (Å²) in [4.78, 5) is 11.4. The predicted molar refractivity (Wildman–Crippen MR) is 290 cm³/mol. The number of pyridine rings is 1. The van der Waals surface area contributed by atoms with Crippen LogP contribution >= 0.6 is 0 Å². The van der Waals surface area contributed by atoms with Gasteiger partial charge in [0.1, 0.15) is 5.82 Å². The summed E-state index contributed by atoms with van der Waals surface area (Å²) >= 11 is 0. The molecule has 0 N–H and O–H groups in total. The van der Waals surface area contributed by atoms with Crippen LogP contribution < -0.4 is 26.2 Å². The first-order valence-electron chi connectivity index (χ1n) is 26.1. The molecule has 4 heteroatoms. The van der Waals surface area contributed by atoms with Gasteiger partial charge in [-0.2, -0.15) is 0 Å². The molecule has 0 unspecified atom stereocenters. The van der Waals surface area contributed by atoms with E-state index in [2.05, 4.69) is 205 Å². The second-order valence-corrected chi connectivity index (χ2v) is 23.4. The standard InChI is InChI=1S/C64H68BN3/c1-9-32-61(3,4)50-37-49(27-21-43(50)10-2)67-56-39-52-51(62(5,6)41-63(52,7)8)38-54(56)65-53-36-47(45-19-15-12-16-20-45)24-28-55(53)68(48-25-22-46(23-26-48)44-17-13-11-14-18-44)60-59(65)57(67)40-58(66-60)64-33-29-42(30-34-64)31-35-64/h11-28,36-40,42H,9-10,29-35,41H2,1-8H3. The van der Waals surface area contributed by atoms with E-state index in [1.807, 2.05) is 0 Å². The van der Waals surface area contributed by atoms with E-state index in [-0.39, 0.29) is 28.4 Å². The Morgan fingerprint density at radius 1 is 0.588 bits per heavy atom. The summed E-state index contributed by atoms with van der Waals surface area (Å²) in [5.41, 5.74) is 22.8. The van der Waals surface area contributed by atoms with Crippen molar-refractivity contribution >= 4 is 57.4 Å². The monoisotopic (exact) mass is 890 g/mol. The fraction of sp³-hybridized carbons (Fsp3) is 0.359. The summed E-state index contributed by atoms with van der Waals surface area (Å²) in [6, 6.07) is 53.9. The Bertz CT molecular complexity index is 3070. The molecule has 6 aromatic carbocycles. The quantitative estimate of drug-likeness (QED) is 0.135. The number of nitrogens with zero attached hydrogens (tertiary/aromatic N) is 3. The lowest BCUT2D eigenvalue weighted by atomic mass is 9.33. The second-order valence-electron chi connectivity index (χ2n) is 23.4. The van der Waals surface area contributed by atoms with Gasteiger partial charge < -0.3 is 4.90 Å². The first-order chi connectivity index (χ1) is 32.8. The van der Waals surface area contributed by atoms with Gasteiger partial charge in [-0.25, -0.2) is 4.98 Å². The van der Waals surface area contributed by atoms with Gasteiger partial charge in [0.05, 0.1) is 5.69 Å². The highest BCUT2D eigenvalue weighted by molar-refractivity contribution is 7.00. The third-order valence-electron chi connectivity index (χ3n) is 17.7. The van der Waals surface area contributed by atoms with Gasteiger partial charge in [-0.15, -0.1) is 0 Å². The highest BCUT2D eigenvalue weighted by atomic mass is 15.2. The first-order valence-corrected chi connectivity index (χ1v) is 26.1. The predicted octanol–water partition coefficient (Wildman–Crippen LogP) is 15.3. The van der Waals surface area contributed by atoms with Crippen molar-refractivity contribution in [3.05, 3.63) is 167 Å². The average Bonchev–Trinajstić information content (AvgIpc) is 3.55. The Balaban J connectivity index is 1.19. The molecule has 0 spiro atoms. The Hall–Kier alpha value is -5.87. The van der Waals surface area contributed by atoms with Crippen LogP contribution in [0.3, 0.4) is 0 Å². The van der Waals surface area contributed by atoms with Crippen molar-refractivity contribution in [2.75, 3.05) is 9.80 Å². The van der Waals surface area contributed by atoms with Crippen LogP contribution in [-0.4, -0.2) is 11.7 Å². The molecule has 0 saturated heterocycles. The summed E-state index contributed by atoms with van der Waals surface area (Å²) in [5, 5.41) is 0. The number of anilines is 6. The zero-order valence-electron chi connectivity index (χ0n) is 41.8. The van der Waals surface area contributed by atoms with E-state index in [1.54, 1.807) is 0 Å². The van der Waals surface area contributed by atoms with Gasteiger partial charge in [0.15, 0.2) is 0 Å². The third-order valence-corrected chi connectivity index (χ3v) is 17.7. The molecule has 0 amide bonds. The van der Waals surface area contributed by atoms with Gasteiger partial charge in [0.2, 0.25) is 0 Å². The van der Waals surface area contributed by atoms with Crippen molar-refractivity contribution in [3.63, 3.8) is 0 Å². The molecule has 0 atom stereocenters. The molecule has 4 aliphatic carbocycles. The fourth-order valence-electron chi connectivity index (χ4n) is 14.4. The lowest BCUT2D eigenvalue weighted by Crippen LogP contribution is -2.62. The lowest BCUT2D eigenvalue weighted by molar-refractivity contribution is 0.132. The summed E-state index contributed by atoms with van der Waals surface area (Å²) in [5.74, 6) is 1.96. The number of fused-ring (bicyclic) bond motifs is 8. The highest BCUT2D eigenvalue weighted by Gasteiger charge is 2.50. The van der Waals surface area contributed by atoms with Crippen LogP contribution in [-0.2, 0) is 28.1 Å². The molecular formula is C64H68BN3. The molecule has 68 heavy (non-hydrogen) atoms. The molecule has 2 bridgehead atoms. The van der Waals surface area contributed by atoms with Crippen molar-refractivity contribution in [1.82, 2.24) is 4.98 Å². The normalized spacial score (nSPS) is 20.5. The molecule has 7 aromatic rings. The molecule has 3 nitrogen and oxygen atoms in total. The molecule has 342 valence electrons. The van der Waals surface area contributed by atoms with Gasteiger partial charge in [-0.05, 0) is 183 Å². The van der Waals surface area contributed by atoms with Crippen molar-refractivity contribution in [3.8, 4) is 22.3 Å². The Morgan fingerprint density at radius 3 is 1.82 bits per heavy atom. The van der Waals surface area contributed by atoms with Gasteiger partial charge in [0.25, 0.3) is 6.71 Å². The van der Waals surface area contributed by atoms with E-state index in [0.29, 0.717) is 0 Å². The SMILES string of the molecule is CCCC(C)(C)c1cc(N2c3cc4c(cc3B3c5cc(-c6ccccc6)ccc5N(c5ccc(-c6ccccc6)cc5)c5nc(C67CCC(CC6)CC7)cc2c53)C(C)(C)CC4(C)C)ccc1CC. The van der Waals surface area contributed by atoms with Crippen molar-refractivity contribution in [2.45, 2.75) is 141 Å². The molecule has 3 fully saturated rings. The first kappa shape index (κ1) is 43.4. The van der Waals surface area contributed by atoms with Gasteiger partial charge in [-0.3, -0.25) is 4.90 Å². The van der Waals surface area contributed by atoms with Gasteiger partial charge in [0, 0.05) is 33.9 Å². The molecule has 3 saturated carbocycles. The Labute approximate surface area is 407 Å². The van der Waals surface area contributed by atoms with Crippen molar-refractivity contribution < 1.29 is 0 Å². The summed E-state index contributed by atoms with van der Waals surface area (Å²) in [6.07, 6.45) is 12.1. The molecule has 3 heterocycles. The van der Waals surface area contributed by atoms with Gasteiger partial charge >= 0.3 is 0 Å². The summed E-state index contributed by atoms with van der Waals surface area (Å²) in [6.45, 7) is 19.5. The van der Waals surface area contributed by atoms with E-state index in [0.717, 1.165) is 43.1 Å². The maximum Gasteiger partial charge on any atom is 0.254 e. The van der Waals surface area contributed by atoms with Crippen LogP contribution in [0.5, 0.6) is 0 Å². The minimum absolute atomic E-state index is 0.0124. The van der Waals surface area contributed by atoms with E-state index >= 15 is 0 Å². The number of rotatable bonds is 9. The molecule has 13 rings (SSSR count). The van der Waals surface area contributed by atoms with E-state index in [1.165, 1.54) is 128 Å². The Morgan fingerprint density at radius 2 is 1.18 bits per heavy atom. The van der Waals surface area contributed by atoms with Crippen LogP contribution in [0.15, 0.2) is 140 Å². The topological polar surface area (TPSA) is 19.4 Å². The fourth-order valence-corrected chi connectivity index (χ4v) is 14.4. The van der Waals surface area contributed by atoms with Crippen LogP contribution in [0.4, 0.5) is 34.3 Å². The molecule has 1 aromatic heterocycles. The molecule has 2 aliphatic heterocycles. The molecule has 6 aliphatic rings. The minimum atomic E-state index is -0.0124. The molecular weight excluding hydrogens is 822 g/mol. The Kier molecular flexibility index (Phi) is 10.1. The van der Waals surface area contributed by atoms with E-state index in [9.17, 15) is 0 Å². The largest absolute Gasteiger partial charge is 0.311 e. The zero-order valence-corrected chi connectivity index (χ0v) is 41.8. The number of hydrogen-bond acceptors (Lipinski definition) is 3. The smallest absolute Gasteiger partial charge is 0.254 e. The van der Waals surface area contributed by atoms with Gasteiger partial charge in [-0.1, -0.05) is 159 Å². The van der Waals surface area contributed by atoms with E-state index in [4.69, 9.17) is 4.98 Å². The average molecular weight is 890 g/mol. The summed E-state index contributed by atoms with van der Waals surface area (Å²) in [7, 11) is 0. The van der Waals surface area contributed by atoms with Crippen LogP contribution in [0.2, 0.25) is 0 Å². The summed E-state index contributed by atoms with van der Waals surface area (Å²) < 4.78 is 0. The maximum absolute atomic E-state index is 6.15. The number of hydrogen-bond donors (Lipinski definition) is 0. The molecule has 0 radical (unpaired) electrons. The highest BCUT2D eigenvalue weighted by Crippen LogP contribution is 2.56. The van der Waals surface area contributed by atoms with Crippen LogP contribution in [0.25, 0.3) is 22.3 Å². The van der Waals surface area contributed by atoms with Crippen molar-refractivity contribution in [1.29, 1.82) is 0 Å². The third kappa shape index (κ3) is 6.78. The van der Waals surface area contributed by atoms with Crippen LogP contribution in [0.1, 0.15) is 141 Å². The van der Waals surface area contributed by atoms with Crippen LogP contribution in [0, 0.1) is 5.92 Å². The minimum Gasteiger partial charge on any atom is -0.311 e. The number of benzene rings is 6. The number of aromatic nitrogens is 1.